The SMILES string of the molecule is CN1N=C(SCc2ccc(Cl)cc2Cl)Sc2nnc(Cl)cc21. The summed E-state index contributed by atoms with van der Waals surface area (Å²) in [5.74, 6) is 0.700. The number of aromatic nitrogens is 2. The summed E-state index contributed by atoms with van der Waals surface area (Å²) >= 11 is 21.0. The van der Waals surface area contributed by atoms with Crippen LogP contribution in [0, 0.1) is 0 Å². The van der Waals surface area contributed by atoms with E-state index >= 15 is 0 Å². The highest BCUT2D eigenvalue weighted by Gasteiger charge is 2.20. The van der Waals surface area contributed by atoms with Crippen LogP contribution in [-0.4, -0.2) is 21.6 Å². The van der Waals surface area contributed by atoms with Crippen LogP contribution >= 0.6 is 58.3 Å². The van der Waals surface area contributed by atoms with Crippen LogP contribution in [0.3, 0.4) is 0 Å². The van der Waals surface area contributed by atoms with E-state index in [1.807, 2.05) is 19.2 Å². The molecule has 0 amide bonds. The maximum absolute atomic E-state index is 6.18. The monoisotopic (exact) mass is 390 g/mol. The normalized spacial score (nSPS) is 13.8. The topological polar surface area (TPSA) is 41.4 Å². The molecule has 0 N–H and O–H groups in total. The Hall–Kier alpha value is -0.660. The largest absolute Gasteiger partial charge is 0.264 e. The summed E-state index contributed by atoms with van der Waals surface area (Å²) in [7, 11) is 1.85. The summed E-state index contributed by atoms with van der Waals surface area (Å²) in [6, 6.07) is 7.23. The van der Waals surface area contributed by atoms with Crippen LogP contribution in [0.15, 0.2) is 34.4 Å². The maximum Gasteiger partial charge on any atom is 0.157 e. The maximum atomic E-state index is 6.18. The molecular weight excluding hydrogens is 383 g/mol. The van der Waals surface area contributed by atoms with Crippen molar-refractivity contribution in [2.24, 2.45) is 5.10 Å². The lowest BCUT2D eigenvalue weighted by molar-refractivity contribution is 0.884. The number of thioether (sulfide) groups is 2. The Morgan fingerprint density at radius 2 is 2.00 bits per heavy atom. The van der Waals surface area contributed by atoms with Crippen molar-refractivity contribution in [2.75, 3.05) is 12.1 Å². The second-order valence-electron chi connectivity index (χ2n) is 4.37. The highest BCUT2D eigenvalue weighted by molar-refractivity contribution is 8.38. The van der Waals surface area contributed by atoms with E-state index in [-0.39, 0.29) is 0 Å². The quantitative estimate of drug-likeness (QED) is 0.705. The van der Waals surface area contributed by atoms with Crippen molar-refractivity contribution in [3.05, 3.63) is 45.0 Å². The fourth-order valence-electron chi connectivity index (χ4n) is 1.77. The molecule has 0 saturated carbocycles. The first-order chi connectivity index (χ1) is 10.5. The average molecular weight is 392 g/mol. The van der Waals surface area contributed by atoms with Crippen molar-refractivity contribution in [1.29, 1.82) is 0 Å². The molecule has 0 spiro atoms. The fourth-order valence-corrected chi connectivity index (χ4v) is 4.53. The third-order valence-corrected chi connectivity index (χ3v) is 5.74. The predicted octanol–water partition coefficient (Wildman–Crippen LogP) is 5.18. The van der Waals surface area contributed by atoms with Gasteiger partial charge in [0.2, 0.25) is 0 Å². The number of halogens is 3. The van der Waals surface area contributed by atoms with Gasteiger partial charge in [0, 0.05) is 28.9 Å². The van der Waals surface area contributed by atoms with E-state index < -0.39 is 0 Å². The summed E-state index contributed by atoms with van der Waals surface area (Å²) in [5.41, 5.74) is 1.86. The molecule has 0 atom stereocenters. The Morgan fingerprint density at radius 3 is 2.77 bits per heavy atom. The Morgan fingerprint density at radius 1 is 1.18 bits per heavy atom. The zero-order valence-electron chi connectivity index (χ0n) is 11.3. The van der Waals surface area contributed by atoms with Crippen LogP contribution in [-0.2, 0) is 5.75 Å². The van der Waals surface area contributed by atoms with Crippen molar-refractivity contribution >= 4 is 68.4 Å². The van der Waals surface area contributed by atoms with Crippen molar-refractivity contribution in [1.82, 2.24) is 10.2 Å². The summed E-state index contributed by atoms with van der Waals surface area (Å²) in [6.45, 7) is 0. The lowest BCUT2D eigenvalue weighted by atomic mass is 10.2. The van der Waals surface area contributed by atoms with Gasteiger partial charge in [-0.25, -0.2) is 0 Å². The second-order valence-corrected chi connectivity index (χ2v) is 7.80. The number of benzene rings is 1. The van der Waals surface area contributed by atoms with Crippen molar-refractivity contribution < 1.29 is 0 Å². The van der Waals surface area contributed by atoms with E-state index in [1.54, 1.807) is 28.9 Å². The third-order valence-electron chi connectivity index (χ3n) is 2.84. The molecule has 22 heavy (non-hydrogen) atoms. The lowest BCUT2D eigenvalue weighted by Gasteiger charge is -2.22. The van der Waals surface area contributed by atoms with Gasteiger partial charge >= 0.3 is 0 Å². The van der Waals surface area contributed by atoms with Crippen LogP contribution in [0.25, 0.3) is 0 Å². The van der Waals surface area contributed by atoms with Gasteiger partial charge in [0.05, 0.1) is 5.69 Å². The highest BCUT2D eigenvalue weighted by atomic mass is 35.5. The lowest BCUT2D eigenvalue weighted by Crippen LogP contribution is -2.17. The van der Waals surface area contributed by atoms with Crippen LogP contribution in [0.2, 0.25) is 15.2 Å². The molecular formula is C13H9Cl3N4S2. The Labute approximate surface area is 151 Å². The molecule has 0 unspecified atom stereocenters. The van der Waals surface area contributed by atoms with Crippen LogP contribution in [0.5, 0.6) is 0 Å². The van der Waals surface area contributed by atoms with Gasteiger partial charge in [0.15, 0.2) is 14.6 Å². The van der Waals surface area contributed by atoms with Gasteiger partial charge in [-0.15, -0.1) is 10.2 Å². The molecule has 4 nitrogen and oxygen atoms in total. The number of nitrogens with zero attached hydrogens (tertiary/aromatic N) is 4. The van der Waals surface area contributed by atoms with Gasteiger partial charge in [0.25, 0.3) is 0 Å². The van der Waals surface area contributed by atoms with E-state index in [1.165, 1.54) is 11.8 Å². The molecule has 1 aliphatic heterocycles. The number of hydrogen-bond donors (Lipinski definition) is 0. The highest BCUT2D eigenvalue weighted by Crippen LogP contribution is 2.38. The fraction of sp³-hybridized carbons (Fsp3) is 0.154. The molecule has 3 rings (SSSR count). The molecule has 2 aromatic rings. The number of fused-ring (bicyclic) bond motifs is 1. The summed E-state index contributed by atoms with van der Waals surface area (Å²) in [6.07, 6.45) is 0. The first-order valence-electron chi connectivity index (χ1n) is 6.13. The van der Waals surface area contributed by atoms with E-state index in [2.05, 4.69) is 15.3 Å². The zero-order valence-corrected chi connectivity index (χ0v) is 15.2. The molecule has 0 fully saturated rings. The van der Waals surface area contributed by atoms with E-state index in [0.717, 1.165) is 20.7 Å². The van der Waals surface area contributed by atoms with Crippen molar-refractivity contribution in [3.8, 4) is 0 Å². The first kappa shape index (κ1) is 16.2. The molecule has 0 radical (unpaired) electrons. The minimum absolute atomic E-state index is 0.352. The van der Waals surface area contributed by atoms with E-state index in [4.69, 9.17) is 34.8 Å². The summed E-state index contributed by atoms with van der Waals surface area (Å²) in [5, 5.41) is 16.7. The molecule has 1 aromatic carbocycles. The van der Waals surface area contributed by atoms with Crippen LogP contribution in [0.4, 0.5) is 5.69 Å². The van der Waals surface area contributed by atoms with Gasteiger partial charge in [-0.05, 0) is 29.5 Å². The number of hydrogen-bond acceptors (Lipinski definition) is 6. The Bertz CT molecular complexity index is 754. The van der Waals surface area contributed by atoms with Gasteiger partial charge < -0.3 is 0 Å². The van der Waals surface area contributed by atoms with Gasteiger partial charge in [-0.2, -0.15) is 5.10 Å². The molecule has 0 aliphatic carbocycles. The second kappa shape index (κ2) is 6.84. The Balaban J connectivity index is 1.73. The summed E-state index contributed by atoms with van der Waals surface area (Å²) in [4.78, 5) is 0. The standard InChI is InChI=1S/C13H9Cl3N4S2/c1-20-10-5-11(16)17-18-12(10)22-13(19-20)21-6-7-2-3-8(14)4-9(7)15/h2-5H,6H2,1H3. The number of anilines is 1. The van der Waals surface area contributed by atoms with Crippen LogP contribution < -0.4 is 5.01 Å². The zero-order chi connectivity index (χ0) is 15.7. The molecule has 9 heteroatoms. The third kappa shape index (κ3) is 3.63. The minimum Gasteiger partial charge on any atom is -0.264 e. The van der Waals surface area contributed by atoms with E-state index in [0.29, 0.717) is 21.0 Å². The smallest absolute Gasteiger partial charge is 0.157 e. The van der Waals surface area contributed by atoms with Gasteiger partial charge in [0.1, 0.15) is 0 Å². The van der Waals surface area contributed by atoms with E-state index in [9.17, 15) is 0 Å². The van der Waals surface area contributed by atoms with Gasteiger partial charge in [-0.3, -0.25) is 5.01 Å². The first-order valence-corrected chi connectivity index (χ1v) is 9.06. The Kier molecular flexibility index (Phi) is 5.04. The predicted molar refractivity (Wildman–Crippen MR) is 96.5 cm³/mol. The van der Waals surface area contributed by atoms with Crippen molar-refractivity contribution in [2.45, 2.75) is 10.8 Å². The molecule has 0 bridgehead atoms. The molecule has 114 valence electrons. The van der Waals surface area contributed by atoms with Crippen LogP contribution in [0.1, 0.15) is 5.56 Å². The average Bonchev–Trinajstić information content (AvgIpc) is 2.47. The molecule has 1 aromatic heterocycles. The molecule has 0 saturated heterocycles. The van der Waals surface area contributed by atoms with Gasteiger partial charge in [-0.1, -0.05) is 52.6 Å². The molecule has 2 heterocycles. The number of rotatable bonds is 2. The van der Waals surface area contributed by atoms with Crippen molar-refractivity contribution in [3.63, 3.8) is 0 Å². The summed E-state index contributed by atoms with van der Waals surface area (Å²) < 4.78 is 0.873. The molecule has 1 aliphatic rings. The number of hydrazone groups is 1. The minimum atomic E-state index is 0.352.